The van der Waals surface area contributed by atoms with Crippen molar-refractivity contribution in [1.82, 2.24) is 19.6 Å². The molecule has 0 radical (unpaired) electrons. The highest BCUT2D eigenvalue weighted by Crippen LogP contribution is 2.37. The molecule has 2 atom stereocenters. The van der Waals surface area contributed by atoms with Gasteiger partial charge in [-0.25, -0.2) is 17.7 Å². The number of hydrogen-bond acceptors (Lipinski definition) is 8. The molecule has 3 rings (SSSR count). The first-order valence-electron chi connectivity index (χ1n) is 11.6. The lowest BCUT2D eigenvalue weighted by molar-refractivity contribution is -0.137. The smallest absolute Gasteiger partial charge is 0.421 e. The Balaban J connectivity index is 1.99. The standard InChI is InChI=1S/C23H31F3N6O4S/c1-13-10-17(19(36-4)11-14(13)21(33)27-2)30-22-28-12-15(23(24,25)26)20(31-22)29-16-8-6-7-9-18(16)32(3)37(5,34)35/h10-12,16,18H,6-9H2,1-5H3,(H,27,33)(H2,28,29,30,31)/t16-,18-/m1/s1. The van der Waals surface area contributed by atoms with Crippen LogP contribution in [0, 0.1) is 6.92 Å². The van der Waals surface area contributed by atoms with Gasteiger partial charge in [0.05, 0.1) is 19.1 Å². The zero-order valence-corrected chi connectivity index (χ0v) is 22.0. The summed E-state index contributed by atoms with van der Waals surface area (Å²) < 4.78 is 72.3. The monoisotopic (exact) mass is 544 g/mol. The van der Waals surface area contributed by atoms with Crippen molar-refractivity contribution in [2.45, 2.75) is 50.9 Å². The molecule has 1 amide bonds. The van der Waals surface area contributed by atoms with Crippen molar-refractivity contribution in [1.29, 1.82) is 0 Å². The molecule has 0 saturated heterocycles. The first-order chi connectivity index (χ1) is 17.3. The van der Waals surface area contributed by atoms with Gasteiger partial charge < -0.3 is 20.7 Å². The Morgan fingerprint density at radius 2 is 1.89 bits per heavy atom. The van der Waals surface area contributed by atoms with Crippen molar-refractivity contribution in [3.63, 3.8) is 0 Å². The Kier molecular flexibility index (Phi) is 8.52. The predicted molar refractivity (Wildman–Crippen MR) is 134 cm³/mol. The highest BCUT2D eigenvalue weighted by atomic mass is 32.2. The van der Waals surface area contributed by atoms with Gasteiger partial charge in [0.1, 0.15) is 17.1 Å². The van der Waals surface area contributed by atoms with E-state index >= 15 is 0 Å². The summed E-state index contributed by atoms with van der Waals surface area (Å²) in [7, 11) is 0.760. The van der Waals surface area contributed by atoms with E-state index in [1.54, 1.807) is 13.0 Å². The minimum atomic E-state index is -4.74. The Labute approximate surface area is 214 Å². The highest BCUT2D eigenvalue weighted by molar-refractivity contribution is 7.88. The Bertz CT molecular complexity index is 1260. The van der Waals surface area contributed by atoms with Crippen molar-refractivity contribution >= 4 is 33.4 Å². The molecular weight excluding hydrogens is 513 g/mol. The van der Waals surface area contributed by atoms with Crippen LogP contribution in [0.4, 0.5) is 30.6 Å². The van der Waals surface area contributed by atoms with Gasteiger partial charge >= 0.3 is 6.18 Å². The number of methoxy groups -OCH3 is 1. The molecule has 0 bridgehead atoms. The van der Waals surface area contributed by atoms with E-state index in [1.807, 2.05) is 0 Å². The number of aryl methyl sites for hydroxylation is 1. The lowest BCUT2D eigenvalue weighted by Crippen LogP contribution is -2.49. The maximum absolute atomic E-state index is 13.8. The summed E-state index contributed by atoms with van der Waals surface area (Å²) in [5.41, 5.74) is 0.258. The molecule has 2 aromatic rings. The topological polar surface area (TPSA) is 126 Å². The fourth-order valence-electron chi connectivity index (χ4n) is 4.35. The van der Waals surface area contributed by atoms with Crippen LogP contribution >= 0.6 is 0 Å². The third-order valence-electron chi connectivity index (χ3n) is 6.40. The van der Waals surface area contributed by atoms with Crippen molar-refractivity contribution in [2.24, 2.45) is 0 Å². The van der Waals surface area contributed by atoms with E-state index < -0.39 is 39.7 Å². The van der Waals surface area contributed by atoms with Crippen LogP contribution in [-0.4, -0.2) is 68.1 Å². The molecule has 1 aliphatic rings. The quantitative estimate of drug-likeness (QED) is 0.461. The number of amides is 1. The number of nitrogens with one attached hydrogen (secondary N) is 3. The summed E-state index contributed by atoms with van der Waals surface area (Å²) >= 11 is 0. The molecule has 204 valence electrons. The number of nitrogens with zero attached hydrogens (tertiary/aromatic N) is 3. The van der Waals surface area contributed by atoms with Gasteiger partial charge in [-0.05, 0) is 37.5 Å². The Morgan fingerprint density at radius 3 is 2.49 bits per heavy atom. The zero-order valence-electron chi connectivity index (χ0n) is 21.2. The largest absolute Gasteiger partial charge is 0.495 e. The van der Waals surface area contributed by atoms with Crippen LogP contribution in [0.1, 0.15) is 47.2 Å². The Hall–Kier alpha value is -3.13. The van der Waals surface area contributed by atoms with E-state index in [1.165, 1.54) is 31.6 Å². The number of carbonyl (C=O) groups excluding carboxylic acids is 1. The first kappa shape index (κ1) is 28.4. The first-order valence-corrected chi connectivity index (χ1v) is 13.4. The van der Waals surface area contributed by atoms with Gasteiger partial charge in [-0.15, -0.1) is 0 Å². The minimum absolute atomic E-state index is 0.135. The molecule has 1 fully saturated rings. The molecular formula is C23H31F3N6O4S. The molecule has 3 N–H and O–H groups in total. The number of hydrogen-bond donors (Lipinski definition) is 3. The average Bonchev–Trinajstić information content (AvgIpc) is 2.82. The van der Waals surface area contributed by atoms with Crippen LogP contribution in [0.15, 0.2) is 18.3 Å². The van der Waals surface area contributed by atoms with Gasteiger partial charge in [-0.3, -0.25) is 4.79 Å². The zero-order chi connectivity index (χ0) is 27.5. The number of likely N-dealkylation sites (N-methyl/N-ethyl adjacent to an activating group) is 1. The normalized spacial score (nSPS) is 18.4. The number of alkyl halides is 3. The van der Waals surface area contributed by atoms with Crippen LogP contribution in [0.2, 0.25) is 0 Å². The van der Waals surface area contributed by atoms with Crippen molar-refractivity contribution in [3.8, 4) is 5.75 Å². The summed E-state index contributed by atoms with van der Waals surface area (Å²) in [6.07, 6.45) is -0.522. The number of anilines is 3. The van der Waals surface area contributed by atoms with E-state index in [2.05, 4.69) is 25.9 Å². The number of aromatic nitrogens is 2. The summed E-state index contributed by atoms with van der Waals surface area (Å²) in [5, 5.41) is 8.26. The van der Waals surface area contributed by atoms with Gasteiger partial charge in [-0.1, -0.05) is 12.8 Å². The molecule has 1 heterocycles. The number of benzene rings is 1. The second-order valence-corrected chi connectivity index (χ2v) is 10.9. The van der Waals surface area contributed by atoms with Crippen molar-refractivity contribution < 1.29 is 31.1 Å². The fourth-order valence-corrected chi connectivity index (χ4v) is 5.09. The van der Waals surface area contributed by atoms with Crippen molar-refractivity contribution in [2.75, 3.05) is 38.1 Å². The molecule has 0 aliphatic heterocycles. The summed E-state index contributed by atoms with van der Waals surface area (Å²) in [4.78, 5) is 20.1. The van der Waals surface area contributed by atoms with Crippen LogP contribution in [-0.2, 0) is 16.2 Å². The fraction of sp³-hybridized carbons (Fsp3) is 0.522. The summed E-state index contributed by atoms with van der Waals surface area (Å²) in [6.45, 7) is 1.71. The molecule has 37 heavy (non-hydrogen) atoms. The number of sulfonamides is 1. The van der Waals surface area contributed by atoms with Crippen LogP contribution in [0.25, 0.3) is 0 Å². The predicted octanol–water partition coefficient (Wildman–Crippen LogP) is 3.53. The van der Waals surface area contributed by atoms with Gasteiger partial charge in [-0.2, -0.15) is 18.2 Å². The molecule has 10 nitrogen and oxygen atoms in total. The molecule has 1 saturated carbocycles. The van der Waals surface area contributed by atoms with E-state index in [-0.39, 0.29) is 17.6 Å². The Morgan fingerprint density at radius 1 is 1.22 bits per heavy atom. The van der Waals surface area contributed by atoms with Gasteiger partial charge in [0.15, 0.2) is 0 Å². The van der Waals surface area contributed by atoms with Gasteiger partial charge in [0.2, 0.25) is 16.0 Å². The second kappa shape index (κ2) is 11.1. The maximum Gasteiger partial charge on any atom is 0.421 e. The highest BCUT2D eigenvalue weighted by Gasteiger charge is 2.38. The van der Waals surface area contributed by atoms with Crippen LogP contribution < -0.4 is 20.7 Å². The molecule has 14 heteroatoms. The summed E-state index contributed by atoms with van der Waals surface area (Å²) in [5.74, 6) is -0.642. The number of rotatable bonds is 8. The lowest BCUT2D eigenvalue weighted by atomic mass is 9.90. The van der Waals surface area contributed by atoms with Crippen molar-refractivity contribution in [3.05, 3.63) is 35.0 Å². The molecule has 1 aliphatic carbocycles. The van der Waals surface area contributed by atoms with E-state index in [0.29, 0.717) is 35.9 Å². The van der Waals surface area contributed by atoms with Gasteiger partial charge in [0, 0.05) is 37.9 Å². The molecule has 0 unspecified atom stereocenters. The van der Waals surface area contributed by atoms with E-state index in [9.17, 15) is 26.4 Å². The van der Waals surface area contributed by atoms with E-state index in [4.69, 9.17) is 4.74 Å². The number of ether oxygens (including phenoxy) is 1. The van der Waals surface area contributed by atoms with Crippen LogP contribution in [0.5, 0.6) is 5.75 Å². The minimum Gasteiger partial charge on any atom is -0.495 e. The van der Waals surface area contributed by atoms with Gasteiger partial charge in [0.25, 0.3) is 5.91 Å². The number of carbonyl (C=O) groups is 1. The lowest BCUT2D eigenvalue weighted by Gasteiger charge is -2.37. The molecule has 0 spiro atoms. The molecule has 1 aromatic heterocycles. The third kappa shape index (κ3) is 6.60. The maximum atomic E-state index is 13.8. The third-order valence-corrected chi connectivity index (χ3v) is 7.72. The molecule has 1 aromatic carbocycles. The number of halogens is 3. The second-order valence-electron chi connectivity index (χ2n) is 8.91. The van der Waals surface area contributed by atoms with Crippen LogP contribution in [0.3, 0.4) is 0 Å². The SMILES string of the molecule is CNC(=O)c1cc(OC)c(Nc2ncc(C(F)(F)F)c(N[C@@H]3CCCC[C@H]3N(C)S(C)(=O)=O)n2)cc1C. The summed E-state index contributed by atoms with van der Waals surface area (Å²) in [6, 6.07) is 2.00. The average molecular weight is 545 g/mol. The van der Waals surface area contributed by atoms with E-state index in [0.717, 1.165) is 19.1 Å².